The Kier molecular flexibility index (Phi) is 7.38. The van der Waals surface area contributed by atoms with Crippen molar-refractivity contribution in [1.82, 2.24) is 4.90 Å². The van der Waals surface area contributed by atoms with Crippen molar-refractivity contribution in [2.45, 2.75) is 32.9 Å². The largest absolute Gasteiger partial charge is 0.494 e. The number of hydrogen-bond acceptors (Lipinski definition) is 3. The van der Waals surface area contributed by atoms with Crippen molar-refractivity contribution >= 4 is 5.91 Å². The predicted molar refractivity (Wildman–Crippen MR) is 95.5 cm³/mol. The smallest absolute Gasteiger partial charge is 0.387 e. The highest BCUT2D eigenvalue weighted by atomic mass is 19.3. The maximum atomic E-state index is 12.4. The Bertz CT molecular complexity index is 704. The molecule has 0 saturated heterocycles. The van der Waals surface area contributed by atoms with Gasteiger partial charge in [-0.25, -0.2) is 0 Å². The molecule has 0 fully saturated rings. The van der Waals surface area contributed by atoms with Crippen molar-refractivity contribution in [3.63, 3.8) is 0 Å². The average molecular weight is 363 g/mol. The van der Waals surface area contributed by atoms with Gasteiger partial charge in [0.2, 0.25) is 5.91 Å². The molecule has 0 aliphatic rings. The molecule has 0 saturated carbocycles. The molecule has 0 unspecified atom stereocenters. The van der Waals surface area contributed by atoms with Crippen molar-refractivity contribution in [2.75, 3.05) is 13.7 Å². The van der Waals surface area contributed by atoms with Gasteiger partial charge in [-0.1, -0.05) is 30.3 Å². The van der Waals surface area contributed by atoms with Gasteiger partial charge in [0.15, 0.2) is 0 Å². The third-order valence-electron chi connectivity index (χ3n) is 3.87. The Morgan fingerprint density at radius 3 is 2.46 bits per heavy atom. The van der Waals surface area contributed by atoms with Crippen LogP contribution in [0.25, 0.3) is 0 Å². The van der Waals surface area contributed by atoms with E-state index in [2.05, 4.69) is 4.74 Å². The minimum atomic E-state index is -2.84. The van der Waals surface area contributed by atoms with E-state index in [1.54, 1.807) is 24.1 Å². The summed E-state index contributed by atoms with van der Waals surface area (Å²) >= 11 is 0. The molecule has 2 aromatic rings. The molecule has 2 aromatic carbocycles. The predicted octanol–water partition coefficient (Wildman–Crippen LogP) is 4.28. The summed E-state index contributed by atoms with van der Waals surface area (Å²) in [6, 6.07) is 14.0. The Balaban J connectivity index is 1.87. The molecule has 0 aliphatic carbocycles. The lowest BCUT2D eigenvalue weighted by Crippen LogP contribution is -2.26. The van der Waals surface area contributed by atoms with Crippen LogP contribution in [0.15, 0.2) is 48.5 Å². The number of benzene rings is 2. The van der Waals surface area contributed by atoms with Gasteiger partial charge in [-0.2, -0.15) is 8.78 Å². The third kappa shape index (κ3) is 6.02. The first-order valence-electron chi connectivity index (χ1n) is 8.48. The van der Waals surface area contributed by atoms with Crippen LogP contribution in [0.3, 0.4) is 0 Å². The Morgan fingerprint density at radius 2 is 1.81 bits per heavy atom. The standard InChI is InChI=1S/C20H23F2NO3/c1-3-25-18-7-5-4-6-16(18)10-13-19(24)23(2)14-15-8-11-17(12-9-15)26-20(21)22/h4-9,11-12,20H,3,10,13-14H2,1-2H3. The molecule has 0 spiro atoms. The minimum Gasteiger partial charge on any atom is -0.494 e. The number of carbonyl (C=O) groups is 1. The molecule has 6 heteroatoms. The zero-order valence-electron chi connectivity index (χ0n) is 15.0. The summed E-state index contributed by atoms with van der Waals surface area (Å²) in [6.45, 7) is 0.0642. The Labute approximate surface area is 152 Å². The lowest BCUT2D eigenvalue weighted by molar-refractivity contribution is -0.130. The minimum absolute atomic E-state index is 0.00390. The van der Waals surface area contributed by atoms with Gasteiger partial charge in [-0.15, -0.1) is 0 Å². The molecular weight excluding hydrogens is 340 g/mol. The molecule has 0 N–H and O–H groups in total. The number of nitrogens with zero attached hydrogens (tertiary/aromatic N) is 1. The zero-order chi connectivity index (χ0) is 18.9. The van der Waals surface area contributed by atoms with Crippen molar-refractivity contribution in [3.05, 3.63) is 59.7 Å². The highest BCUT2D eigenvalue weighted by molar-refractivity contribution is 5.76. The molecule has 2 rings (SSSR count). The van der Waals surface area contributed by atoms with Crippen LogP contribution in [0.5, 0.6) is 11.5 Å². The number of alkyl halides is 2. The molecule has 1 amide bonds. The van der Waals surface area contributed by atoms with E-state index in [-0.39, 0.29) is 11.7 Å². The summed E-state index contributed by atoms with van der Waals surface area (Å²) < 4.78 is 34.2. The second kappa shape index (κ2) is 9.75. The van der Waals surface area contributed by atoms with Crippen molar-refractivity contribution in [2.24, 2.45) is 0 Å². The van der Waals surface area contributed by atoms with E-state index in [1.165, 1.54) is 12.1 Å². The molecule has 0 aliphatic heterocycles. The average Bonchev–Trinajstić information content (AvgIpc) is 2.62. The van der Waals surface area contributed by atoms with Crippen LogP contribution in [-0.4, -0.2) is 31.1 Å². The van der Waals surface area contributed by atoms with E-state index in [1.807, 2.05) is 31.2 Å². The van der Waals surface area contributed by atoms with E-state index in [0.717, 1.165) is 16.9 Å². The fourth-order valence-electron chi connectivity index (χ4n) is 2.58. The zero-order valence-corrected chi connectivity index (χ0v) is 15.0. The monoisotopic (exact) mass is 363 g/mol. The number of aryl methyl sites for hydroxylation is 1. The SMILES string of the molecule is CCOc1ccccc1CCC(=O)N(C)Cc1ccc(OC(F)F)cc1. The van der Waals surface area contributed by atoms with Crippen LogP contribution in [0.2, 0.25) is 0 Å². The number of para-hydroxylation sites is 1. The van der Waals surface area contributed by atoms with Gasteiger partial charge in [-0.05, 0) is 42.7 Å². The number of ether oxygens (including phenoxy) is 2. The number of rotatable bonds is 9. The molecule has 0 atom stereocenters. The van der Waals surface area contributed by atoms with E-state index in [0.29, 0.717) is 26.0 Å². The fourth-order valence-corrected chi connectivity index (χ4v) is 2.58. The van der Waals surface area contributed by atoms with Gasteiger partial charge in [0.05, 0.1) is 6.61 Å². The summed E-state index contributed by atoms with van der Waals surface area (Å²) in [4.78, 5) is 14.0. The summed E-state index contributed by atoms with van der Waals surface area (Å²) in [5.74, 6) is 0.912. The van der Waals surface area contributed by atoms with E-state index >= 15 is 0 Å². The van der Waals surface area contributed by atoms with E-state index < -0.39 is 6.61 Å². The molecular formula is C20H23F2NO3. The summed E-state index contributed by atoms with van der Waals surface area (Å²) in [5, 5.41) is 0. The highest BCUT2D eigenvalue weighted by Gasteiger charge is 2.12. The van der Waals surface area contributed by atoms with Crippen LogP contribution in [0.4, 0.5) is 8.78 Å². The second-order valence-electron chi connectivity index (χ2n) is 5.81. The number of hydrogen-bond donors (Lipinski definition) is 0. The lowest BCUT2D eigenvalue weighted by atomic mass is 10.1. The van der Waals surface area contributed by atoms with Gasteiger partial charge >= 0.3 is 6.61 Å². The molecule has 0 heterocycles. The molecule has 4 nitrogen and oxygen atoms in total. The number of halogens is 2. The van der Waals surface area contributed by atoms with Crippen LogP contribution in [0.1, 0.15) is 24.5 Å². The molecule has 140 valence electrons. The topological polar surface area (TPSA) is 38.8 Å². The Hall–Kier alpha value is -2.63. The van der Waals surface area contributed by atoms with Gasteiger partial charge in [0, 0.05) is 20.0 Å². The van der Waals surface area contributed by atoms with Crippen LogP contribution >= 0.6 is 0 Å². The summed E-state index contributed by atoms with van der Waals surface area (Å²) in [6.07, 6.45) is 0.966. The fraction of sp³-hybridized carbons (Fsp3) is 0.350. The lowest BCUT2D eigenvalue weighted by Gasteiger charge is -2.18. The van der Waals surface area contributed by atoms with Crippen LogP contribution in [0, 0.1) is 0 Å². The first-order chi connectivity index (χ1) is 12.5. The van der Waals surface area contributed by atoms with Crippen molar-refractivity contribution in [1.29, 1.82) is 0 Å². The molecule has 0 bridgehead atoms. The second-order valence-corrected chi connectivity index (χ2v) is 5.81. The number of amides is 1. The first-order valence-corrected chi connectivity index (χ1v) is 8.48. The molecule has 26 heavy (non-hydrogen) atoms. The third-order valence-corrected chi connectivity index (χ3v) is 3.87. The van der Waals surface area contributed by atoms with Crippen molar-refractivity contribution in [3.8, 4) is 11.5 Å². The molecule has 0 radical (unpaired) electrons. The summed E-state index contributed by atoms with van der Waals surface area (Å²) in [5.41, 5.74) is 1.85. The normalized spacial score (nSPS) is 10.7. The first kappa shape index (κ1) is 19.7. The van der Waals surface area contributed by atoms with Gasteiger partial charge in [-0.3, -0.25) is 4.79 Å². The van der Waals surface area contributed by atoms with Gasteiger partial charge in [0.1, 0.15) is 11.5 Å². The summed E-state index contributed by atoms with van der Waals surface area (Å²) in [7, 11) is 1.72. The maximum absolute atomic E-state index is 12.4. The van der Waals surface area contributed by atoms with Gasteiger partial charge < -0.3 is 14.4 Å². The van der Waals surface area contributed by atoms with E-state index in [4.69, 9.17) is 4.74 Å². The van der Waals surface area contributed by atoms with Crippen LogP contribution in [-0.2, 0) is 17.8 Å². The number of carbonyl (C=O) groups excluding carboxylic acids is 1. The van der Waals surface area contributed by atoms with Gasteiger partial charge in [0.25, 0.3) is 0 Å². The van der Waals surface area contributed by atoms with Crippen LogP contribution < -0.4 is 9.47 Å². The maximum Gasteiger partial charge on any atom is 0.387 e. The molecule has 0 aromatic heterocycles. The van der Waals surface area contributed by atoms with Crippen molar-refractivity contribution < 1.29 is 23.0 Å². The quantitative estimate of drug-likeness (QED) is 0.668. The van der Waals surface area contributed by atoms with E-state index in [9.17, 15) is 13.6 Å². The Morgan fingerprint density at radius 1 is 1.12 bits per heavy atom. The highest BCUT2D eigenvalue weighted by Crippen LogP contribution is 2.20.